The van der Waals surface area contributed by atoms with Crippen molar-refractivity contribution >= 4 is 17.3 Å². The summed E-state index contributed by atoms with van der Waals surface area (Å²) in [6.45, 7) is 2.32. The normalized spacial score (nSPS) is 14.7. The molecule has 1 aliphatic heterocycles. The van der Waals surface area contributed by atoms with E-state index in [-0.39, 0.29) is 12.4 Å². The third-order valence-corrected chi connectivity index (χ3v) is 3.58. The second kappa shape index (κ2) is 6.67. The van der Waals surface area contributed by atoms with E-state index < -0.39 is 0 Å². The van der Waals surface area contributed by atoms with E-state index in [1.165, 1.54) is 18.5 Å². The Bertz CT molecular complexity index is 593. The fourth-order valence-electron chi connectivity index (χ4n) is 2.43. The first-order chi connectivity index (χ1) is 9.74. The summed E-state index contributed by atoms with van der Waals surface area (Å²) in [5, 5.41) is 12.6. The number of anilines is 1. The van der Waals surface area contributed by atoms with Gasteiger partial charge in [0.25, 0.3) is 0 Å². The maximum absolute atomic E-state index is 4.26. The van der Waals surface area contributed by atoms with Crippen molar-refractivity contribution in [3.63, 3.8) is 0 Å². The standard InChI is InChI=1S/C14H19N6.ClH/c1-18-11-15-19(2)14(18)17-16-12-5-7-13(8-6-12)20-9-3-4-10-20;/h5-8,11H,3-4,9-10H2,1-2H3;1H/q+1;/p-1. The number of hydrogen-bond acceptors (Lipinski definition) is 4. The molecule has 1 saturated heterocycles. The molecule has 0 atom stereocenters. The molecule has 0 N–H and O–H groups in total. The summed E-state index contributed by atoms with van der Waals surface area (Å²) in [5.74, 6) is 0.716. The van der Waals surface area contributed by atoms with E-state index in [9.17, 15) is 0 Å². The van der Waals surface area contributed by atoms with Crippen LogP contribution in [0, 0.1) is 0 Å². The summed E-state index contributed by atoms with van der Waals surface area (Å²) < 4.78 is 3.53. The fraction of sp³-hybridized carbons (Fsp3) is 0.429. The van der Waals surface area contributed by atoms with Gasteiger partial charge in [0.05, 0.1) is 19.8 Å². The highest BCUT2D eigenvalue weighted by Gasteiger charge is 2.13. The van der Waals surface area contributed by atoms with Crippen LogP contribution in [0.3, 0.4) is 0 Å². The summed E-state index contributed by atoms with van der Waals surface area (Å²) in [6, 6.07) is 8.24. The van der Waals surface area contributed by atoms with Crippen LogP contribution < -0.4 is 21.9 Å². The number of benzene rings is 1. The number of aromatic nitrogens is 3. The molecule has 0 bridgehead atoms. The van der Waals surface area contributed by atoms with E-state index in [4.69, 9.17) is 0 Å². The SMILES string of the molecule is Cn1nc[n+](C)c1N=Nc1ccc(N2CCCC2)cc1.[Cl-]. The molecular weight excluding hydrogens is 288 g/mol. The van der Waals surface area contributed by atoms with Crippen LogP contribution in [0.25, 0.3) is 0 Å². The monoisotopic (exact) mass is 306 g/mol. The van der Waals surface area contributed by atoms with Gasteiger partial charge >= 0.3 is 5.95 Å². The van der Waals surface area contributed by atoms with Gasteiger partial charge < -0.3 is 17.3 Å². The van der Waals surface area contributed by atoms with Gasteiger partial charge in [-0.25, -0.2) is 4.57 Å². The Labute approximate surface area is 130 Å². The van der Waals surface area contributed by atoms with Gasteiger partial charge in [0.15, 0.2) is 0 Å². The predicted molar refractivity (Wildman–Crippen MR) is 76.4 cm³/mol. The highest BCUT2D eigenvalue weighted by atomic mass is 35.5. The molecule has 0 saturated carbocycles. The maximum atomic E-state index is 4.26. The first-order valence-electron chi connectivity index (χ1n) is 6.88. The summed E-state index contributed by atoms with van der Waals surface area (Å²) >= 11 is 0. The zero-order chi connectivity index (χ0) is 13.9. The summed E-state index contributed by atoms with van der Waals surface area (Å²) in [7, 11) is 3.75. The van der Waals surface area contributed by atoms with E-state index in [1.807, 2.05) is 30.8 Å². The Kier molecular flexibility index (Phi) is 4.90. The van der Waals surface area contributed by atoms with Crippen LogP contribution in [0.15, 0.2) is 40.8 Å². The van der Waals surface area contributed by atoms with Crippen LogP contribution in [-0.4, -0.2) is 22.9 Å². The van der Waals surface area contributed by atoms with Gasteiger partial charge in [-0.15, -0.1) is 4.68 Å². The molecule has 3 rings (SSSR count). The fourth-order valence-corrected chi connectivity index (χ4v) is 2.43. The van der Waals surface area contributed by atoms with E-state index in [1.54, 1.807) is 11.0 Å². The van der Waals surface area contributed by atoms with Gasteiger partial charge in [-0.3, -0.25) is 0 Å². The van der Waals surface area contributed by atoms with E-state index in [2.05, 4.69) is 32.4 Å². The zero-order valence-corrected chi connectivity index (χ0v) is 13.0. The molecule has 1 aliphatic rings. The van der Waals surface area contributed by atoms with Crippen LogP contribution in [0.4, 0.5) is 17.3 Å². The van der Waals surface area contributed by atoms with Crippen LogP contribution in [0.2, 0.25) is 0 Å². The lowest BCUT2D eigenvalue weighted by Crippen LogP contribution is -3.00. The molecule has 0 spiro atoms. The van der Waals surface area contributed by atoms with Crippen molar-refractivity contribution in [3.05, 3.63) is 30.6 Å². The van der Waals surface area contributed by atoms with E-state index >= 15 is 0 Å². The van der Waals surface area contributed by atoms with Crippen LogP contribution in [-0.2, 0) is 14.1 Å². The molecule has 0 unspecified atom stereocenters. The number of nitrogens with zero attached hydrogens (tertiary/aromatic N) is 6. The Morgan fingerprint density at radius 1 is 1.10 bits per heavy atom. The molecule has 2 aromatic rings. The second-order valence-corrected chi connectivity index (χ2v) is 5.08. The highest BCUT2D eigenvalue weighted by molar-refractivity contribution is 5.53. The van der Waals surface area contributed by atoms with E-state index in [0.717, 1.165) is 18.8 Å². The lowest BCUT2D eigenvalue weighted by molar-refractivity contribution is -0.659. The molecule has 7 heteroatoms. The van der Waals surface area contributed by atoms with Gasteiger partial charge in [0, 0.05) is 23.9 Å². The lowest BCUT2D eigenvalue weighted by atomic mass is 10.2. The molecule has 1 aromatic carbocycles. The van der Waals surface area contributed by atoms with Gasteiger partial charge in [-0.05, 0) is 42.2 Å². The smallest absolute Gasteiger partial charge is 0.403 e. The van der Waals surface area contributed by atoms with Gasteiger partial charge in [-0.2, -0.15) is 0 Å². The third-order valence-electron chi connectivity index (χ3n) is 3.58. The summed E-state index contributed by atoms with van der Waals surface area (Å²) in [4.78, 5) is 2.40. The van der Waals surface area contributed by atoms with Crippen LogP contribution >= 0.6 is 0 Å². The first-order valence-corrected chi connectivity index (χ1v) is 6.88. The molecule has 2 heterocycles. The predicted octanol–water partition coefficient (Wildman–Crippen LogP) is -0.736. The van der Waals surface area contributed by atoms with Gasteiger partial charge in [-0.1, -0.05) is 5.11 Å². The Morgan fingerprint density at radius 2 is 1.76 bits per heavy atom. The van der Waals surface area contributed by atoms with Crippen molar-refractivity contribution in [2.75, 3.05) is 18.0 Å². The van der Waals surface area contributed by atoms with Crippen molar-refractivity contribution in [2.24, 2.45) is 24.3 Å². The minimum absolute atomic E-state index is 0. The van der Waals surface area contributed by atoms with Crippen molar-refractivity contribution in [2.45, 2.75) is 12.8 Å². The van der Waals surface area contributed by atoms with Gasteiger partial charge in [0.1, 0.15) is 0 Å². The molecule has 0 amide bonds. The highest BCUT2D eigenvalue weighted by Crippen LogP contribution is 2.23. The average molecular weight is 307 g/mol. The number of hydrogen-bond donors (Lipinski definition) is 0. The minimum Gasteiger partial charge on any atom is -1.00 e. The molecule has 1 aromatic heterocycles. The van der Waals surface area contributed by atoms with Gasteiger partial charge in [0.2, 0.25) is 6.33 Å². The second-order valence-electron chi connectivity index (χ2n) is 5.08. The van der Waals surface area contributed by atoms with E-state index in [0.29, 0.717) is 5.95 Å². The summed E-state index contributed by atoms with van der Waals surface area (Å²) in [5.41, 5.74) is 2.13. The molecule has 6 nitrogen and oxygen atoms in total. The molecule has 1 fully saturated rings. The molecule has 0 aliphatic carbocycles. The number of azo groups is 1. The molecule has 21 heavy (non-hydrogen) atoms. The van der Waals surface area contributed by atoms with Crippen molar-refractivity contribution < 1.29 is 17.0 Å². The number of aryl methyl sites for hydroxylation is 2. The van der Waals surface area contributed by atoms with Crippen molar-refractivity contribution in [1.29, 1.82) is 0 Å². The Morgan fingerprint density at radius 3 is 2.33 bits per heavy atom. The Balaban J connectivity index is 0.00000161. The summed E-state index contributed by atoms with van der Waals surface area (Å²) in [6.07, 6.45) is 4.29. The molecule has 0 radical (unpaired) electrons. The largest absolute Gasteiger partial charge is 1.00 e. The van der Waals surface area contributed by atoms with Crippen molar-refractivity contribution in [1.82, 2.24) is 9.78 Å². The van der Waals surface area contributed by atoms with Crippen LogP contribution in [0.5, 0.6) is 0 Å². The molecular formula is C14H19ClN6. The third kappa shape index (κ3) is 3.39. The number of halogens is 1. The Hall–Kier alpha value is -1.95. The van der Waals surface area contributed by atoms with Crippen molar-refractivity contribution in [3.8, 4) is 0 Å². The zero-order valence-electron chi connectivity index (χ0n) is 12.3. The number of rotatable bonds is 3. The molecule has 112 valence electrons. The topological polar surface area (TPSA) is 49.7 Å². The average Bonchev–Trinajstić information content (AvgIpc) is 3.09. The quantitative estimate of drug-likeness (QED) is 0.554. The van der Waals surface area contributed by atoms with Crippen LogP contribution in [0.1, 0.15) is 12.8 Å². The minimum atomic E-state index is 0. The lowest BCUT2D eigenvalue weighted by Gasteiger charge is -2.16. The first kappa shape index (κ1) is 15.4. The maximum Gasteiger partial charge on any atom is 0.403 e.